The van der Waals surface area contributed by atoms with E-state index >= 15 is 0 Å². The van der Waals surface area contributed by atoms with E-state index in [0.717, 1.165) is 16.7 Å². The molecule has 3 atom stereocenters. The van der Waals surface area contributed by atoms with Crippen molar-refractivity contribution in [2.75, 3.05) is 26.7 Å². The van der Waals surface area contributed by atoms with Crippen molar-refractivity contribution >= 4 is 11.8 Å². The minimum Gasteiger partial charge on any atom is -0.472 e. The van der Waals surface area contributed by atoms with Crippen LogP contribution in [0.15, 0.2) is 66.9 Å². The number of aliphatic hydroxyl groups excluding tert-OH is 1. The number of ether oxygens (including phenoxy) is 1. The Morgan fingerprint density at radius 2 is 1.86 bits per heavy atom. The van der Waals surface area contributed by atoms with Crippen LogP contribution in [-0.4, -0.2) is 70.6 Å². The molecule has 7 nitrogen and oxygen atoms in total. The number of carbonyl (C=O) groups is 2. The van der Waals surface area contributed by atoms with Gasteiger partial charge in [-0.25, -0.2) is 4.98 Å². The molecule has 1 N–H and O–H groups in total. The number of nitrogens with zero attached hydrogens (tertiary/aromatic N) is 3. The van der Waals surface area contributed by atoms with E-state index in [9.17, 15) is 14.7 Å². The maximum atomic E-state index is 13.7. The molecule has 0 radical (unpaired) electrons. The van der Waals surface area contributed by atoms with E-state index in [2.05, 4.69) is 4.98 Å². The lowest BCUT2D eigenvalue weighted by Crippen LogP contribution is -2.50. The number of carbonyl (C=O) groups excluding carboxylic acids is 2. The molecule has 188 valence electrons. The Balaban J connectivity index is 1.70. The second-order valence-corrected chi connectivity index (χ2v) is 9.57. The van der Waals surface area contributed by atoms with Crippen LogP contribution in [0.25, 0.3) is 11.1 Å². The quantitative estimate of drug-likeness (QED) is 0.567. The Bertz CT molecular complexity index is 1230. The molecule has 1 aromatic heterocycles. The van der Waals surface area contributed by atoms with Crippen LogP contribution in [0.4, 0.5) is 0 Å². The number of hydrogen-bond donors (Lipinski definition) is 1. The van der Waals surface area contributed by atoms with Gasteiger partial charge in [-0.3, -0.25) is 9.59 Å². The number of hydrogen-bond acceptors (Lipinski definition) is 5. The predicted molar refractivity (Wildman–Crippen MR) is 139 cm³/mol. The van der Waals surface area contributed by atoms with Crippen LogP contribution in [0.2, 0.25) is 0 Å². The highest BCUT2D eigenvalue weighted by Gasteiger charge is 2.35. The summed E-state index contributed by atoms with van der Waals surface area (Å²) in [4.78, 5) is 34.5. The number of aromatic nitrogens is 1. The zero-order valence-electron chi connectivity index (χ0n) is 21.2. The third-order valence-electron chi connectivity index (χ3n) is 6.80. The molecule has 0 fully saturated rings. The topological polar surface area (TPSA) is 83.0 Å². The van der Waals surface area contributed by atoms with Crippen LogP contribution in [0.3, 0.4) is 0 Å². The number of amides is 2. The maximum Gasteiger partial charge on any atom is 0.259 e. The highest BCUT2D eigenvalue weighted by molar-refractivity contribution is 5.98. The van der Waals surface area contributed by atoms with Gasteiger partial charge < -0.3 is 19.6 Å². The van der Waals surface area contributed by atoms with E-state index in [1.165, 1.54) is 0 Å². The second kappa shape index (κ2) is 10.9. The van der Waals surface area contributed by atoms with Gasteiger partial charge in [0.25, 0.3) is 11.8 Å². The molecule has 0 saturated heterocycles. The molecule has 2 heterocycles. The SMILES string of the molecule is Cc1ccccc1-c1cnc2c(c1)C(=O)N([C@H](C)CO)C[C@@H](C)[C@@H](CN(C)C(=O)c1ccccc1)O2. The summed E-state index contributed by atoms with van der Waals surface area (Å²) in [5.41, 5.74) is 3.84. The fraction of sp³-hybridized carbons (Fsp3) is 0.345. The Morgan fingerprint density at radius 1 is 1.17 bits per heavy atom. The molecule has 0 unspecified atom stereocenters. The lowest BCUT2D eigenvalue weighted by molar-refractivity contribution is 0.0313. The molecule has 0 bridgehead atoms. The van der Waals surface area contributed by atoms with E-state index in [1.807, 2.05) is 69.3 Å². The van der Waals surface area contributed by atoms with Gasteiger partial charge in [-0.15, -0.1) is 0 Å². The van der Waals surface area contributed by atoms with Crippen LogP contribution >= 0.6 is 0 Å². The van der Waals surface area contributed by atoms with Crippen LogP contribution in [-0.2, 0) is 0 Å². The highest BCUT2D eigenvalue weighted by Crippen LogP contribution is 2.31. The van der Waals surface area contributed by atoms with E-state index < -0.39 is 6.10 Å². The number of aliphatic hydroxyl groups is 1. The van der Waals surface area contributed by atoms with Gasteiger partial charge in [0.15, 0.2) is 0 Å². The molecule has 3 aromatic rings. The summed E-state index contributed by atoms with van der Waals surface area (Å²) in [6, 6.07) is 18.5. The van der Waals surface area contributed by atoms with E-state index in [-0.39, 0.29) is 36.3 Å². The standard InChI is InChI=1S/C29H33N3O4/c1-19-10-8-9-13-24(19)23-14-25-27(30-15-23)36-26(20(2)16-32(29(25)35)21(3)18-33)17-31(4)28(34)22-11-6-5-7-12-22/h5-15,20-21,26,33H,16-18H2,1-4H3/t20-,21-,26-/m1/s1. The second-order valence-electron chi connectivity index (χ2n) is 9.57. The van der Waals surface area contributed by atoms with Gasteiger partial charge >= 0.3 is 0 Å². The average Bonchev–Trinajstić information content (AvgIpc) is 2.90. The molecule has 4 rings (SSSR count). The smallest absolute Gasteiger partial charge is 0.259 e. The molecule has 36 heavy (non-hydrogen) atoms. The molecule has 1 aliphatic rings. The van der Waals surface area contributed by atoms with Gasteiger partial charge in [0, 0.05) is 36.8 Å². The first-order valence-electron chi connectivity index (χ1n) is 12.2. The third-order valence-corrected chi connectivity index (χ3v) is 6.80. The summed E-state index contributed by atoms with van der Waals surface area (Å²) in [5.74, 6) is -0.203. The van der Waals surface area contributed by atoms with Gasteiger partial charge in [0.05, 0.1) is 19.2 Å². The van der Waals surface area contributed by atoms with Crippen LogP contribution in [0, 0.1) is 12.8 Å². The van der Waals surface area contributed by atoms with Crippen molar-refractivity contribution in [2.45, 2.75) is 32.9 Å². The first-order valence-corrected chi connectivity index (χ1v) is 12.2. The molecule has 0 aliphatic carbocycles. The summed E-state index contributed by atoms with van der Waals surface area (Å²) < 4.78 is 6.34. The molecule has 1 aliphatic heterocycles. The minimum atomic E-state index is -0.403. The number of aryl methyl sites for hydroxylation is 1. The van der Waals surface area contributed by atoms with Crippen molar-refractivity contribution in [3.05, 3.63) is 83.6 Å². The number of fused-ring (bicyclic) bond motifs is 1. The Hall–Kier alpha value is -3.71. The Morgan fingerprint density at radius 3 is 2.56 bits per heavy atom. The Labute approximate surface area is 212 Å². The predicted octanol–water partition coefficient (Wildman–Crippen LogP) is 4.05. The lowest BCUT2D eigenvalue weighted by atomic mass is 9.98. The van der Waals surface area contributed by atoms with E-state index in [0.29, 0.717) is 24.2 Å². The summed E-state index contributed by atoms with van der Waals surface area (Å²) in [5, 5.41) is 9.89. The summed E-state index contributed by atoms with van der Waals surface area (Å²) in [7, 11) is 1.75. The zero-order valence-corrected chi connectivity index (χ0v) is 21.2. The van der Waals surface area contributed by atoms with E-state index in [1.54, 1.807) is 35.2 Å². The van der Waals surface area contributed by atoms with Crippen molar-refractivity contribution in [3.8, 4) is 17.0 Å². The van der Waals surface area contributed by atoms with Gasteiger partial charge in [-0.2, -0.15) is 0 Å². The molecular weight excluding hydrogens is 454 g/mol. The van der Waals surface area contributed by atoms with Crippen molar-refractivity contribution in [1.82, 2.24) is 14.8 Å². The van der Waals surface area contributed by atoms with Crippen molar-refractivity contribution < 1.29 is 19.4 Å². The monoisotopic (exact) mass is 487 g/mol. The van der Waals surface area contributed by atoms with Crippen molar-refractivity contribution in [3.63, 3.8) is 0 Å². The van der Waals surface area contributed by atoms with Gasteiger partial charge in [-0.05, 0) is 43.2 Å². The number of rotatable bonds is 6. The normalized spacial score (nSPS) is 18.5. The molecule has 0 spiro atoms. The van der Waals surface area contributed by atoms with Crippen molar-refractivity contribution in [2.24, 2.45) is 5.92 Å². The number of benzene rings is 2. The molecule has 2 amide bonds. The first kappa shape index (κ1) is 25.4. The van der Waals surface area contributed by atoms with E-state index in [4.69, 9.17) is 4.74 Å². The minimum absolute atomic E-state index is 0.104. The molecular formula is C29H33N3O4. The summed E-state index contributed by atoms with van der Waals surface area (Å²) in [6.07, 6.45) is 1.32. The summed E-state index contributed by atoms with van der Waals surface area (Å²) in [6.45, 7) is 6.38. The van der Waals surface area contributed by atoms with Crippen molar-refractivity contribution in [1.29, 1.82) is 0 Å². The van der Waals surface area contributed by atoms with Gasteiger partial charge in [0.2, 0.25) is 5.88 Å². The van der Waals surface area contributed by atoms with Crippen LogP contribution in [0.5, 0.6) is 5.88 Å². The van der Waals surface area contributed by atoms with Gasteiger partial charge in [-0.1, -0.05) is 49.4 Å². The lowest BCUT2D eigenvalue weighted by Gasteiger charge is -2.37. The Kier molecular flexibility index (Phi) is 7.70. The van der Waals surface area contributed by atoms with Gasteiger partial charge in [0.1, 0.15) is 11.7 Å². The molecule has 0 saturated carbocycles. The summed E-state index contributed by atoms with van der Waals surface area (Å²) >= 11 is 0. The largest absolute Gasteiger partial charge is 0.472 e. The highest BCUT2D eigenvalue weighted by atomic mass is 16.5. The zero-order chi connectivity index (χ0) is 25.8. The fourth-order valence-electron chi connectivity index (χ4n) is 4.52. The molecule has 7 heteroatoms. The average molecular weight is 488 g/mol. The third kappa shape index (κ3) is 5.26. The fourth-order valence-corrected chi connectivity index (χ4v) is 4.52. The van der Waals surface area contributed by atoms with Crippen LogP contribution < -0.4 is 4.74 Å². The molecule has 2 aromatic carbocycles. The van der Waals surface area contributed by atoms with Crippen LogP contribution in [0.1, 0.15) is 40.1 Å². The number of likely N-dealkylation sites (N-methyl/N-ethyl adjacent to an activating group) is 1. The first-order chi connectivity index (χ1) is 17.3. The maximum absolute atomic E-state index is 13.7. The number of pyridine rings is 1.